The Balaban J connectivity index is 0. The van der Waals surface area contributed by atoms with Gasteiger partial charge in [-0.15, -0.1) is 0 Å². The highest BCUT2D eigenvalue weighted by atomic mass is 16.5. The Labute approximate surface area is 113 Å². The molecule has 1 amide bonds. The maximum Gasteiger partial charge on any atom is 0.209 e. The number of nitrogens with zero attached hydrogens (tertiary/aromatic N) is 1. The molecule has 0 aliphatic rings. The molecule has 4 heteroatoms. The minimum absolute atomic E-state index is 0.572. The SMILES string of the molecule is CC(C)CCOCCOCCN(C)C=O.CCC. The zero-order chi connectivity index (χ0) is 14.2. The fourth-order valence-electron chi connectivity index (χ4n) is 0.902. The lowest BCUT2D eigenvalue weighted by Crippen LogP contribution is -2.22. The van der Waals surface area contributed by atoms with Gasteiger partial charge in [-0.3, -0.25) is 4.79 Å². The van der Waals surface area contributed by atoms with E-state index in [2.05, 4.69) is 27.7 Å². The Morgan fingerprint density at radius 3 is 2.00 bits per heavy atom. The lowest BCUT2D eigenvalue weighted by Gasteiger charge is -2.10. The van der Waals surface area contributed by atoms with Crippen LogP contribution < -0.4 is 0 Å². The quantitative estimate of drug-likeness (QED) is 0.448. The van der Waals surface area contributed by atoms with Gasteiger partial charge in [-0.1, -0.05) is 34.1 Å². The monoisotopic (exact) mass is 261 g/mol. The highest BCUT2D eigenvalue weighted by molar-refractivity contribution is 5.46. The predicted molar refractivity (Wildman–Crippen MR) is 75.8 cm³/mol. The van der Waals surface area contributed by atoms with Gasteiger partial charge in [0.25, 0.3) is 0 Å². The molecule has 0 aromatic heterocycles. The van der Waals surface area contributed by atoms with Gasteiger partial charge in [0.2, 0.25) is 6.41 Å². The first kappa shape index (κ1) is 19.7. The molecular weight excluding hydrogens is 230 g/mol. The third-order valence-electron chi connectivity index (χ3n) is 1.98. The number of amides is 1. The first-order valence-electron chi connectivity index (χ1n) is 6.89. The van der Waals surface area contributed by atoms with Crippen LogP contribution in [0.1, 0.15) is 40.5 Å². The minimum Gasteiger partial charge on any atom is -0.379 e. The number of carbonyl (C=O) groups is 1. The fraction of sp³-hybridized carbons (Fsp3) is 0.929. The second-order valence-electron chi connectivity index (χ2n) is 4.70. The van der Waals surface area contributed by atoms with Crippen LogP contribution in [0.4, 0.5) is 0 Å². The molecule has 4 nitrogen and oxygen atoms in total. The zero-order valence-electron chi connectivity index (χ0n) is 12.8. The summed E-state index contributed by atoms with van der Waals surface area (Å²) in [4.78, 5) is 11.8. The van der Waals surface area contributed by atoms with Crippen molar-refractivity contribution in [3.8, 4) is 0 Å². The van der Waals surface area contributed by atoms with E-state index in [9.17, 15) is 4.79 Å². The molecule has 0 aliphatic carbocycles. The second kappa shape index (κ2) is 16.4. The summed E-state index contributed by atoms with van der Waals surface area (Å²) in [6.45, 7) is 11.8. The van der Waals surface area contributed by atoms with E-state index in [1.807, 2.05) is 0 Å². The third kappa shape index (κ3) is 20.8. The highest BCUT2D eigenvalue weighted by Crippen LogP contribution is 1.98. The smallest absolute Gasteiger partial charge is 0.209 e. The Morgan fingerprint density at radius 2 is 1.56 bits per heavy atom. The average Bonchev–Trinajstić information content (AvgIpc) is 2.32. The van der Waals surface area contributed by atoms with Crippen molar-refractivity contribution in [1.29, 1.82) is 0 Å². The number of likely N-dealkylation sites (N-methyl/N-ethyl adjacent to an activating group) is 1. The Bertz CT molecular complexity index is 163. The number of rotatable bonds is 10. The van der Waals surface area contributed by atoms with Gasteiger partial charge in [-0.2, -0.15) is 0 Å². The number of hydrogen-bond acceptors (Lipinski definition) is 3. The van der Waals surface area contributed by atoms with Crippen molar-refractivity contribution in [3.63, 3.8) is 0 Å². The van der Waals surface area contributed by atoms with Gasteiger partial charge in [-0.25, -0.2) is 0 Å². The van der Waals surface area contributed by atoms with Crippen LogP contribution >= 0.6 is 0 Å². The second-order valence-corrected chi connectivity index (χ2v) is 4.70. The molecule has 18 heavy (non-hydrogen) atoms. The molecule has 0 fully saturated rings. The van der Waals surface area contributed by atoms with E-state index in [1.165, 1.54) is 6.42 Å². The third-order valence-corrected chi connectivity index (χ3v) is 1.98. The summed E-state index contributed by atoms with van der Waals surface area (Å²) in [7, 11) is 1.73. The van der Waals surface area contributed by atoms with E-state index in [0.29, 0.717) is 32.3 Å². The fourth-order valence-corrected chi connectivity index (χ4v) is 0.902. The molecule has 0 N–H and O–H groups in total. The molecule has 0 saturated carbocycles. The largest absolute Gasteiger partial charge is 0.379 e. The van der Waals surface area contributed by atoms with E-state index in [-0.39, 0.29) is 0 Å². The van der Waals surface area contributed by atoms with Gasteiger partial charge < -0.3 is 14.4 Å². The summed E-state index contributed by atoms with van der Waals surface area (Å²) >= 11 is 0. The summed E-state index contributed by atoms with van der Waals surface area (Å²) in [6.07, 6.45) is 3.14. The highest BCUT2D eigenvalue weighted by Gasteiger charge is 1.95. The molecule has 0 spiro atoms. The van der Waals surface area contributed by atoms with E-state index in [4.69, 9.17) is 9.47 Å². The van der Waals surface area contributed by atoms with Crippen LogP contribution in [-0.2, 0) is 14.3 Å². The average molecular weight is 261 g/mol. The minimum atomic E-state index is 0.572. The molecule has 0 atom stereocenters. The van der Waals surface area contributed by atoms with Crippen LogP contribution in [0, 0.1) is 5.92 Å². The molecule has 0 aromatic rings. The molecule has 0 saturated heterocycles. The van der Waals surface area contributed by atoms with Crippen molar-refractivity contribution >= 4 is 6.41 Å². The molecule has 0 heterocycles. The predicted octanol–water partition coefficient (Wildman–Crippen LogP) is 2.57. The molecular formula is C14H31NO3. The lowest BCUT2D eigenvalue weighted by molar-refractivity contribution is -0.117. The van der Waals surface area contributed by atoms with Crippen molar-refractivity contribution in [2.75, 3.05) is 40.0 Å². The summed E-state index contributed by atoms with van der Waals surface area (Å²) in [5.74, 6) is 0.687. The molecule has 0 radical (unpaired) electrons. The maximum atomic E-state index is 10.2. The first-order chi connectivity index (χ1) is 8.58. The number of hydrogen-bond donors (Lipinski definition) is 0. The van der Waals surface area contributed by atoms with Gasteiger partial charge in [0.15, 0.2) is 0 Å². The van der Waals surface area contributed by atoms with Crippen LogP contribution in [0.15, 0.2) is 0 Å². The number of ether oxygens (including phenoxy) is 2. The zero-order valence-corrected chi connectivity index (χ0v) is 12.8. The van der Waals surface area contributed by atoms with Crippen LogP contribution in [0.2, 0.25) is 0 Å². The van der Waals surface area contributed by atoms with Crippen LogP contribution in [0.3, 0.4) is 0 Å². The van der Waals surface area contributed by atoms with E-state index in [1.54, 1.807) is 11.9 Å². The summed E-state index contributed by atoms with van der Waals surface area (Å²) < 4.78 is 10.7. The maximum absolute atomic E-state index is 10.2. The molecule has 0 aromatic carbocycles. The first-order valence-corrected chi connectivity index (χ1v) is 6.89. The van der Waals surface area contributed by atoms with Crippen molar-refractivity contribution in [2.24, 2.45) is 5.92 Å². The van der Waals surface area contributed by atoms with Gasteiger partial charge in [0, 0.05) is 20.2 Å². The van der Waals surface area contributed by atoms with E-state index < -0.39 is 0 Å². The van der Waals surface area contributed by atoms with Crippen LogP contribution in [0.5, 0.6) is 0 Å². The Hall–Kier alpha value is -0.610. The summed E-state index contributed by atoms with van der Waals surface area (Å²) in [5.41, 5.74) is 0. The summed E-state index contributed by atoms with van der Waals surface area (Å²) in [5, 5.41) is 0. The normalized spacial score (nSPS) is 9.89. The molecule has 0 rings (SSSR count). The van der Waals surface area contributed by atoms with Gasteiger partial charge >= 0.3 is 0 Å². The van der Waals surface area contributed by atoms with E-state index >= 15 is 0 Å². The topological polar surface area (TPSA) is 38.8 Å². The standard InChI is InChI=1S/C11H23NO3.C3H8/c1-11(2)4-6-14-8-9-15-7-5-12(3)10-13;1-3-2/h10-11H,4-9H2,1-3H3;3H2,1-2H3. The summed E-state index contributed by atoms with van der Waals surface area (Å²) in [6, 6.07) is 0. The molecule has 0 aliphatic heterocycles. The van der Waals surface area contributed by atoms with Crippen LogP contribution in [0.25, 0.3) is 0 Å². The van der Waals surface area contributed by atoms with Gasteiger partial charge in [-0.05, 0) is 12.3 Å². The Morgan fingerprint density at radius 1 is 1.06 bits per heavy atom. The van der Waals surface area contributed by atoms with Crippen molar-refractivity contribution < 1.29 is 14.3 Å². The Kier molecular flexibility index (Phi) is 18.0. The van der Waals surface area contributed by atoms with Crippen LogP contribution in [-0.4, -0.2) is 51.3 Å². The van der Waals surface area contributed by atoms with Gasteiger partial charge in [0.1, 0.15) is 0 Å². The molecule has 110 valence electrons. The molecule has 0 unspecified atom stereocenters. The number of carbonyl (C=O) groups excluding carboxylic acids is 1. The van der Waals surface area contributed by atoms with Crippen molar-refractivity contribution in [2.45, 2.75) is 40.5 Å². The van der Waals surface area contributed by atoms with E-state index in [0.717, 1.165) is 19.4 Å². The van der Waals surface area contributed by atoms with Crippen molar-refractivity contribution in [3.05, 3.63) is 0 Å². The van der Waals surface area contributed by atoms with Gasteiger partial charge in [0.05, 0.1) is 19.8 Å². The lowest BCUT2D eigenvalue weighted by atomic mass is 10.1. The molecule has 0 bridgehead atoms. The van der Waals surface area contributed by atoms with Crippen molar-refractivity contribution in [1.82, 2.24) is 4.90 Å².